The van der Waals surface area contributed by atoms with Crippen LogP contribution in [0.5, 0.6) is 0 Å². The Labute approximate surface area is 138 Å². The Morgan fingerprint density at radius 1 is 1.13 bits per heavy atom. The van der Waals surface area contributed by atoms with Gasteiger partial charge in [0.15, 0.2) is 0 Å². The molecule has 2 amide bonds. The molecule has 1 saturated carbocycles. The summed E-state index contributed by atoms with van der Waals surface area (Å²) >= 11 is 0. The van der Waals surface area contributed by atoms with Crippen molar-refractivity contribution < 1.29 is 9.59 Å². The number of hydrogen-bond donors (Lipinski definition) is 1. The molecule has 1 aromatic rings. The van der Waals surface area contributed by atoms with Gasteiger partial charge in [-0.25, -0.2) is 0 Å². The second-order valence-electron chi connectivity index (χ2n) is 6.25. The first-order valence-electron chi connectivity index (χ1n) is 8.35. The molecule has 0 atom stereocenters. The summed E-state index contributed by atoms with van der Waals surface area (Å²) in [6, 6.07) is 9.85. The van der Waals surface area contributed by atoms with E-state index in [0.717, 1.165) is 19.1 Å². The van der Waals surface area contributed by atoms with Gasteiger partial charge in [-0.1, -0.05) is 18.2 Å². The van der Waals surface area contributed by atoms with Crippen LogP contribution < -0.4 is 5.32 Å². The number of carbonyl (C=O) groups excluding carboxylic acids is 2. The van der Waals surface area contributed by atoms with Crippen LogP contribution >= 0.6 is 0 Å². The van der Waals surface area contributed by atoms with Crippen LogP contribution in [0.15, 0.2) is 30.3 Å². The zero-order valence-electron chi connectivity index (χ0n) is 14.1. The molecule has 23 heavy (non-hydrogen) atoms. The highest BCUT2D eigenvalue weighted by atomic mass is 16.2. The minimum absolute atomic E-state index is 0.0857. The fourth-order valence-electron chi connectivity index (χ4n) is 2.45. The van der Waals surface area contributed by atoms with Gasteiger partial charge in [0.2, 0.25) is 5.91 Å². The maximum Gasteiger partial charge on any atom is 0.251 e. The number of rotatable bonds is 9. The largest absolute Gasteiger partial charge is 0.352 e. The Morgan fingerprint density at radius 2 is 1.83 bits per heavy atom. The van der Waals surface area contributed by atoms with Gasteiger partial charge in [-0.2, -0.15) is 0 Å². The number of carbonyl (C=O) groups is 2. The SMILES string of the molecule is CN(CCN(C)C1CC1)C(=O)CCCNC(=O)c1ccccc1. The number of benzene rings is 1. The van der Waals surface area contributed by atoms with Crippen molar-refractivity contribution >= 4 is 11.8 Å². The van der Waals surface area contributed by atoms with Crippen LogP contribution in [0.4, 0.5) is 0 Å². The minimum Gasteiger partial charge on any atom is -0.352 e. The molecule has 0 heterocycles. The van der Waals surface area contributed by atoms with Gasteiger partial charge in [0, 0.05) is 44.7 Å². The Hall–Kier alpha value is -1.88. The number of nitrogens with zero attached hydrogens (tertiary/aromatic N) is 2. The highest BCUT2D eigenvalue weighted by Crippen LogP contribution is 2.24. The summed E-state index contributed by atoms with van der Waals surface area (Å²) < 4.78 is 0. The average molecular weight is 317 g/mol. The average Bonchev–Trinajstić information content (AvgIpc) is 3.41. The van der Waals surface area contributed by atoms with Crippen molar-refractivity contribution in [1.29, 1.82) is 0 Å². The van der Waals surface area contributed by atoms with Crippen LogP contribution in [0.2, 0.25) is 0 Å². The summed E-state index contributed by atoms with van der Waals surface area (Å²) in [5.74, 6) is 0.0561. The third-order valence-corrected chi connectivity index (χ3v) is 4.27. The van der Waals surface area contributed by atoms with Gasteiger partial charge in [-0.15, -0.1) is 0 Å². The highest BCUT2D eigenvalue weighted by molar-refractivity contribution is 5.94. The molecule has 126 valence electrons. The van der Waals surface area contributed by atoms with Gasteiger partial charge in [-0.3, -0.25) is 9.59 Å². The quantitative estimate of drug-likeness (QED) is 0.706. The second-order valence-corrected chi connectivity index (χ2v) is 6.25. The molecule has 1 N–H and O–H groups in total. The van der Waals surface area contributed by atoms with Crippen molar-refractivity contribution in [1.82, 2.24) is 15.1 Å². The van der Waals surface area contributed by atoms with Crippen LogP contribution in [0.3, 0.4) is 0 Å². The summed E-state index contributed by atoms with van der Waals surface area (Å²) in [5, 5.41) is 2.85. The molecule has 0 aliphatic heterocycles. The van der Waals surface area contributed by atoms with Gasteiger partial charge >= 0.3 is 0 Å². The van der Waals surface area contributed by atoms with E-state index in [1.165, 1.54) is 12.8 Å². The zero-order chi connectivity index (χ0) is 16.7. The van der Waals surface area contributed by atoms with Crippen molar-refractivity contribution in [2.24, 2.45) is 0 Å². The predicted molar refractivity (Wildman–Crippen MR) is 91.3 cm³/mol. The normalized spacial score (nSPS) is 13.9. The van der Waals surface area contributed by atoms with E-state index >= 15 is 0 Å². The summed E-state index contributed by atoms with van der Waals surface area (Å²) in [7, 11) is 3.97. The Kier molecular flexibility index (Phi) is 6.59. The maximum absolute atomic E-state index is 12.1. The predicted octanol–water partition coefficient (Wildman–Crippen LogP) is 1.75. The molecule has 1 fully saturated rings. The Morgan fingerprint density at radius 3 is 2.48 bits per heavy atom. The molecule has 2 rings (SSSR count). The van der Waals surface area contributed by atoms with E-state index in [2.05, 4.69) is 17.3 Å². The number of amides is 2. The molecule has 1 aromatic carbocycles. The molecule has 0 saturated heterocycles. The molecular weight excluding hydrogens is 290 g/mol. The molecule has 0 spiro atoms. The van der Waals surface area contributed by atoms with E-state index in [1.54, 1.807) is 17.0 Å². The molecule has 0 radical (unpaired) electrons. The molecule has 0 aromatic heterocycles. The highest BCUT2D eigenvalue weighted by Gasteiger charge is 2.25. The maximum atomic E-state index is 12.1. The van der Waals surface area contributed by atoms with Crippen LogP contribution in [0.25, 0.3) is 0 Å². The molecule has 5 heteroatoms. The summed E-state index contributed by atoms with van der Waals surface area (Å²) in [6.45, 7) is 2.22. The monoisotopic (exact) mass is 317 g/mol. The van der Waals surface area contributed by atoms with Crippen molar-refractivity contribution in [2.75, 3.05) is 33.7 Å². The van der Waals surface area contributed by atoms with Crippen LogP contribution in [-0.2, 0) is 4.79 Å². The standard InChI is InChI=1S/C18H27N3O2/c1-20(16-10-11-16)13-14-21(2)17(22)9-6-12-19-18(23)15-7-4-3-5-8-15/h3-5,7-8,16H,6,9-14H2,1-2H3,(H,19,23). The molecule has 0 unspecified atom stereocenters. The third-order valence-electron chi connectivity index (χ3n) is 4.27. The van der Waals surface area contributed by atoms with Crippen LogP contribution in [0.1, 0.15) is 36.0 Å². The summed E-state index contributed by atoms with van der Waals surface area (Å²) in [4.78, 5) is 28.0. The smallest absolute Gasteiger partial charge is 0.251 e. The van der Waals surface area contributed by atoms with Crippen LogP contribution in [0, 0.1) is 0 Å². The third kappa shape index (κ3) is 6.02. The van der Waals surface area contributed by atoms with Crippen molar-refractivity contribution in [3.8, 4) is 0 Å². The lowest BCUT2D eigenvalue weighted by Gasteiger charge is -2.22. The van der Waals surface area contributed by atoms with Crippen molar-refractivity contribution in [3.05, 3.63) is 35.9 Å². The Balaban J connectivity index is 1.57. The fraction of sp³-hybridized carbons (Fsp3) is 0.556. The molecule has 1 aliphatic rings. The molecule has 0 bridgehead atoms. The van der Waals surface area contributed by atoms with Gasteiger partial charge in [0.25, 0.3) is 5.91 Å². The first-order chi connectivity index (χ1) is 11.1. The molecular formula is C18H27N3O2. The van der Waals surface area contributed by atoms with E-state index in [4.69, 9.17) is 0 Å². The van der Waals surface area contributed by atoms with Crippen LogP contribution in [-0.4, -0.2) is 61.4 Å². The van der Waals surface area contributed by atoms with Gasteiger partial charge < -0.3 is 15.1 Å². The Bertz CT molecular complexity index is 514. The first-order valence-corrected chi connectivity index (χ1v) is 8.35. The molecule has 1 aliphatic carbocycles. The van der Waals surface area contributed by atoms with E-state index in [-0.39, 0.29) is 11.8 Å². The fourth-order valence-corrected chi connectivity index (χ4v) is 2.45. The lowest BCUT2D eigenvalue weighted by atomic mass is 10.2. The zero-order valence-corrected chi connectivity index (χ0v) is 14.1. The van der Waals surface area contributed by atoms with Gasteiger partial charge in [-0.05, 0) is 38.4 Å². The van der Waals surface area contributed by atoms with E-state index < -0.39 is 0 Å². The van der Waals surface area contributed by atoms with Crippen molar-refractivity contribution in [3.63, 3.8) is 0 Å². The van der Waals surface area contributed by atoms with E-state index in [1.807, 2.05) is 25.2 Å². The number of likely N-dealkylation sites (N-methyl/N-ethyl adjacent to an activating group) is 2. The minimum atomic E-state index is -0.0857. The topological polar surface area (TPSA) is 52.6 Å². The van der Waals surface area contributed by atoms with Gasteiger partial charge in [0.1, 0.15) is 0 Å². The first kappa shape index (κ1) is 17.5. The van der Waals surface area contributed by atoms with Crippen molar-refractivity contribution in [2.45, 2.75) is 31.7 Å². The number of nitrogens with one attached hydrogen (secondary N) is 1. The second kappa shape index (κ2) is 8.67. The summed E-state index contributed by atoms with van der Waals surface area (Å²) in [6.07, 6.45) is 3.71. The summed E-state index contributed by atoms with van der Waals surface area (Å²) in [5.41, 5.74) is 0.652. The lowest BCUT2D eigenvalue weighted by molar-refractivity contribution is -0.130. The van der Waals surface area contributed by atoms with E-state index in [0.29, 0.717) is 24.9 Å². The van der Waals surface area contributed by atoms with E-state index in [9.17, 15) is 9.59 Å². The molecule has 5 nitrogen and oxygen atoms in total. The number of hydrogen-bond acceptors (Lipinski definition) is 3. The van der Waals surface area contributed by atoms with Gasteiger partial charge in [0.05, 0.1) is 0 Å². The lowest BCUT2D eigenvalue weighted by Crippen LogP contribution is -2.36.